The molecule has 3 amide bonds. The summed E-state index contributed by atoms with van der Waals surface area (Å²) in [4.78, 5) is 46.3. The molecule has 0 aliphatic rings. The van der Waals surface area contributed by atoms with Crippen LogP contribution < -0.4 is 0 Å². The monoisotopic (exact) mass is 831 g/mol. The first-order chi connectivity index (χ1) is 28.1. The normalized spacial score (nSPS) is 13.1. The molecule has 0 aromatic rings. The van der Waals surface area contributed by atoms with Crippen molar-refractivity contribution >= 4 is 17.7 Å². The quantitative estimate of drug-likeness (QED) is 0.0444. The summed E-state index contributed by atoms with van der Waals surface area (Å²) in [6, 6.07) is 0. The SMILES string of the molecule is CCCCCCCCN(CC(O)CN(CC(O)CN(CCCCCCCC)C(=O)CCCO)CC(O)CN(CCCCCCCC)C(=O)CCCO)C(=O)CCCO. The van der Waals surface area contributed by atoms with Gasteiger partial charge < -0.3 is 45.3 Å². The number of carbonyl (C=O) groups excluding carboxylic acids is 3. The molecule has 58 heavy (non-hydrogen) atoms. The lowest BCUT2D eigenvalue weighted by atomic mass is 10.1. The average molecular weight is 831 g/mol. The molecule has 6 N–H and O–H groups in total. The van der Waals surface area contributed by atoms with E-state index in [0.29, 0.717) is 38.9 Å². The average Bonchev–Trinajstić information content (AvgIpc) is 3.20. The topological polar surface area (TPSA) is 186 Å². The zero-order chi connectivity index (χ0) is 43.2. The Hall–Kier alpha value is -1.87. The van der Waals surface area contributed by atoms with Gasteiger partial charge in [0.05, 0.1) is 18.3 Å². The van der Waals surface area contributed by atoms with E-state index in [2.05, 4.69) is 20.8 Å². The van der Waals surface area contributed by atoms with Crippen LogP contribution in [0.15, 0.2) is 0 Å². The molecule has 0 aromatic carbocycles. The van der Waals surface area contributed by atoms with Crippen LogP contribution in [0.25, 0.3) is 0 Å². The van der Waals surface area contributed by atoms with Crippen LogP contribution in [0, 0.1) is 0 Å². The lowest BCUT2D eigenvalue weighted by Gasteiger charge is -2.34. The maximum Gasteiger partial charge on any atom is 0.222 e. The van der Waals surface area contributed by atoms with Crippen molar-refractivity contribution in [1.29, 1.82) is 0 Å². The van der Waals surface area contributed by atoms with Crippen molar-refractivity contribution < 1.29 is 45.0 Å². The van der Waals surface area contributed by atoms with E-state index < -0.39 is 18.3 Å². The molecule has 0 spiro atoms. The second-order valence-corrected chi connectivity index (χ2v) is 16.5. The Morgan fingerprint density at radius 2 is 0.603 bits per heavy atom. The van der Waals surface area contributed by atoms with E-state index in [-0.39, 0.29) is 96.1 Å². The van der Waals surface area contributed by atoms with Gasteiger partial charge in [0, 0.05) is 98.0 Å². The highest BCUT2D eigenvalue weighted by molar-refractivity contribution is 5.77. The summed E-state index contributed by atoms with van der Waals surface area (Å²) in [6.07, 6.45) is 17.5. The predicted molar refractivity (Wildman–Crippen MR) is 233 cm³/mol. The number of unbranched alkanes of at least 4 members (excludes halogenated alkanes) is 15. The second-order valence-electron chi connectivity index (χ2n) is 16.5. The molecule has 0 heterocycles. The fourth-order valence-electron chi connectivity index (χ4n) is 7.42. The number of aliphatic hydroxyl groups is 6. The van der Waals surface area contributed by atoms with E-state index in [1.807, 2.05) is 0 Å². The molecule has 0 radical (unpaired) electrons. The molecule has 0 fully saturated rings. The third-order valence-corrected chi connectivity index (χ3v) is 10.7. The molecular formula is C45H90N4O9. The Balaban J connectivity index is 6.08. The molecule has 13 nitrogen and oxygen atoms in total. The highest BCUT2D eigenvalue weighted by Crippen LogP contribution is 2.13. The molecule has 0 aliphatic carbocycles. The minimum atomic E-state index is -1.01. The molecule has 13 heteroatoms. The molecule has 0 saturated heterocycles. The van der Waals surface area contributed by atoms with Gasteiger partial charge in [-0.05, 0) is 38.5 Å². The Bertz CT molecular complexity index is 860. The summed E-state index contributed by atoms with van der Waals surface area (Å²) in [7, 11) is 0. The summed E-state index contributed by atoms with van der Waals surface area (Å²) >= 11 is 0. The fraction of sp³-hybridized carbons (Fsp3) is 0.933. The molecule has 0 saturated carbocycles. The van der Waals surface area contributed by atoms with Crippen LogP contribution in [0.4, 0.5) is 0 Å². The molecule has 0 bridgehead atoms. The highest BCUT2D eigenvalue weighted by atomic mass is 16.3. The van der Waals surface area contributed by atoms with Gasteiger partial charge in [0.15, 0.2) is 0 Å². The van der Waals surface area contributed by atoms with Gasteiger partial charge in [0.2, 0.25) is 17.7 Å². The van der Waals surface area contributed by atoms with E-state index in [9.17, 15) is 45.0 Å². The van der Waals surface area contributed by atoms with Crippen molar-refractivity contribution in [3.05, 3.63) is 0 Å². The summed E-state index contributed by atoms with van der Waals surface area (Å²) in [5.74, 6) is -0.398. The highest BCUT2D eigenvalue weighted by Gasteiger charge is 2.26. The standard InChI is InChI=1S/C45H90N4O9/c1-4-7-10-13-16-19-28-47(43(56)25-22-31-50)37-40(53)34-46(35-41(54)38-48(44(57)26-23-32-51)29-20-17-14-11-8-5-2)36-42(55)39-49(45(58)27-24-33-52)30-21-18-15-12-9-6-3/h40-42,50-55H,4-39H2,1-3H3. The minimum absolute atomic E-state index is 0.0418. The van der Waals surface area contributed by atoms with Crippen LogP contribution in [0.5, 0.6) is 0 Å². The van der Waals surface area contributed by atoms with Gasteiger partial charge in [-0.2, -0.15) is 0 Å². The van der Waals surface area contributed by atoms with Crippen LogP contribution in [-0.4, -0.2) is 165 Å². The van der Waals surface area contributed by atoms with Crippen molar-refractivity contribution in [1.82, 2.24) is 19.6 Å². The van der Waals surface area contributed by atoms with E-state index in [1.54, 1.807) is 19.6 Å². The van der Waals surface area contributed by atoms with E-state index in [1.165, 1.54) is 19.3 Å². The number of rotatable bonds is 42. The largest absolute Gasteiger partial charge is 0.396 e. The number of hydrogen-bond acceptors (Lipinski definition) is 10. The zero-order valence-corrected chi connectivity index (χ0v) is 37.4. The Kier molecular flexibility index (Phi) is 38.0. The van der Waals surface area contributed by atoms with Gasteiger partial charge in [0.25, 0.3) is 0 Å². The Morgan fingerprint density at radius 1 is 0.362 bits per heavy atom. The predicted octanol–water partition coefficient (Wildman–Crippen LogP) is 5.26. The summed E-state index contributed by atoms with van der Waals surface area (Å²) < 4.78 is 0. The van der Waals surface area contributed by atoms with Gasteiger partial charge in [-0.1, -0.05) is 117 Å². The smallest absolute Gasteiger partial charge is 0.222 e. The van der Waals surface area contributed by atoms with E-state index in [0.717, 1.165) is 96.3 Å². The minimum Gasteiger partial charge on any atom is -0.396 e. The molecule has 344 valence electrons. The van der Waals surface area contributed by atoms with Crippen LogP contribution in [0.1, 0.15) is 175 Å². The van der Waals surface area contributed by atoms with Crippen molar-refractivity contribution in [3.8, 4) is 0 Å². The summed E-state index contributed by atoms with van der Waals surface area (Å²) in [5, 5.41) is 62.6. The number of hydrogen-bond donors (Lipinski definition) is 6. The third kappa shape index (κ3) is 31.1. The number of carbonyl (C=O) groups is 3. The Labute approximate surface area is 353 Å². The maximum absolute atomic E-state index is 13.2. The molecule has 3 unspecified atom stereocenters. The molecule has 0 aliphatic heterocycles. The maximum atomic E-state index is 13.2. The Morgan fingerprint density at radius 3 is 0.845 bits per heavy atom. The van der Waals surface area contributed by atoms with E-state index in [4.69, 9.17) is 0 Å². The van der Waals surface area contributed by atoms with Gasteiger partial charge in [-0.25, -0.2) is 0 Å². The molecule has 0 rings (SSSR count). The van der Waals surface area contributed by atoms with Crippen LogP contribution in [0.2, 0.25) is 0 Å². The number of nitrogens with zero attached hydrogens (tertiary/aromatic N) is 4. The second kappa shape index (κ2) is 39.3. The first kappa shape index (κ1) is 56.1. The van der Waals surface area contributed by atoms with Crippen LogP contribution >= 0.6 is 0 Å². The molecule has 3 atom stereocenters. The molecular weight excluding hydrogens is 741 g/mol. The third-order valence-electron chi connectivity index (χ3n) is 10.7. The van der Waals surface area contributed by atoms with Crippen molar-refractivity contribution in [2.24, 2.45) is 0 Å². The first-order valence-electron chi connectivity index (χ1n) is 23.5. The van der Waals surface area contributed by atoms with Crippen LogP contribution in [0.3, 0.4) is 0 Å². The van der Waals surface area contributed by atoms with E-state index >= 15 is 0 Å². The van der Waals surface area contributed by atoms with Gasteiger partial charge in [0.1, 0.15) is 0 Å². The lowest BCUT2D eigenvalue weighted by molar-refractivity contribution is -0.133. The number of aliphatic hydroxyl groups excluding tert-OH is 6. The van der Waals surface area contributed by atoms with Crippen molar-refractivity contribution in [2.75, 3.05) is 78.7 Å². The van der Waals surface area contributed by atoms with Crippen molar-refractivity contribution in [2.45, 2.75) is 193 Å². The zero-order valence-electron chi connectivity index (χ0n) is 37.4. The summed E-state index contributed by atoms with van der Waals surface area (Å²) in [5.41, 5.74) is 0. The summed E-state index contributed by atoms with van der Waals surface area (Å²) in [6.45, 7) is 8.00. The number of amides is 3. The lowest BCUT2D eigenvalue weighted by Crippen LogP contribution is -2.50. The van der Waals surface area contributed by atoms with Gasteiger partial charge in [-0.3, -0.25) is 19.3 Å². The van der Waals surface area contributed by atoms with Gasteiger partial charge in [-0.15, -0.1) is 0 Å². The fourth-order valence-corrected chi connectivity index (χ4v) is 7.42. The van der Waals surface area contributed by atoms with Crippen molar-refractivity contribution in [3.63, 3.8) is 0 Å². The van der Waals surface area contributed by atoms with Crippen LogP contribution in [-0.2, 0) is 14.4 Å². The van der Waals surface area contributed by atoms with Gasteiger partial charge >= 0.3 is 0 Å². The first-order valence-corrected chi connectivity index (χ1v) is 23.5. The molecule has 0 aromatic heterocycles.